The molecule has 2 amide bonds. The monoisotopic (exact) mass is 324 g/mol. The molecule has 3 rings (SSSR count). The van der Waals surface area contributed by atoms with Crippen molar-refractivity contribution in [2.75, 3.05) is 13.6 Å². The van der Waals surface area contributed by atoms with Gasteiger partial charge in [-0.2, -0.15) is 0 Å². The van der Waals surface area contributed by atoms with Crippen LogP contribution >= 0.6 is 11.6 Å². The zero-order chi connectivity index (χ0) is 15.9. The maximum atomic E-state index is 13.8. The van der Waals surface area contributed by atoms with Gasteiger partial charge >= 0.3 is 0 Å². The van der Waals surface area contributed by atoms with Crippen LogP contribution in [0.5, 0.6) is 0 Å². The summed E-state index contributed by atoms with van der Waals surface area (Å²) in [6.07, 6.45) is 2.32. The van der Waals surface area contributed by atoms with Gasteiger partial charge in [0.1, 0.15) is 5.82 Å². The lowest BCUT2D eigenvalue weighted by Gasteiger charge is -2.22. The Morgan fingerprint density at radius 3 is 2.82 bits per heavy atom. The van der Waals surface area contributed by atoms with E-state index >= 15 is 0 Å². The molecule has 1 heterocycles. The van der Waals surface area contributed by atoms with Crippen molar-refractivity contribution in [1.82, 2.24) is 9.80 Å². The van der Waals surface area contributed by atoms with Crippen molar-refractivity contribution in [2.45, 2.75) is 31.8 Å². The number of carbonyl (C=O) groups is 2. The Morgan fingerprint density at radius 1 is 1.45 bits per heavy atom. The van der Waals surface area contributed by atoms with Gasteiger partial charge in [-0.25, -0.2) is 4.39 Å². The highest BCUT2D eigenvalue weighted by Crippen LogP contribution is 2.33. The summed E-state index contributed by atoms with van der Waals surface area (Å²) in [5.74, 6) is -0.827. The molecule has 22 heavy (non-hydrogen) atoms. The van der Waals surface area contributed by atoms with Gasteiger partial charge in [0.15, 0.2) is 0 Å². The molecule has 1 aromatic rings. The fraction of sp³-hybridized carbons (Fsp3) is 0.500. The summed E-state index contributed by atoms with van der Waals surface area (Å²) >= 11 is 5.99. The third-order valence-electron chi connectivity index (χ3n) is 4.33. The Bertz CT molecular complexity index is 598. The molecular formula is C16H18ClFN2O2. The summed E-state index contributed by atoms with van der Waals surface area (Å²) in [6.45, 7) is 0.593. The smallest absolute Gasteiger partial charge is 0.228 e. The normalized spacial score (nSPS) is 21.3. The van der Waals surface area contributed by atoms with E-state index in [1.807, 2.05) is 4.90 Å². The Hall–Kier alpha value is -1.62. The molecule has 118 valence electrons. The predicted molar refractivity (Wildman–Crippen MR) is 80.7 cm³/mol. The third-order valence-corrected chi connectivity index (χ3v) is 4.68. The number of hydrogen-bond donors (Lipinski definition) is 0. The number of amides is 2. The van der Waals surface area contributed by atoms with Crippen LogP contribution in [0.25, 0.3) is 0 Å². The van der Waals surface area contributed by atoms with Crippen molar-refractivity contribution in [3.05, 3.63) is 34.6 Å². The topological polar surface area (TPSA) is 40.6 Å². The molecule has 1 saturated heterocycles. The third kappa shape index (κ3) is 2.95. The van der Waals surface area contributed by atoms with Crippen LogP contribution in [0.15, 0.2) is 18.2 Å². The minimum Gasteiger partial charge on any atom is -0.341 e. The van der Waals surface area contributed by atoms with Crippen molar-refractivity contribution in [3.8, 4) is 0 Å². The number of benzene rings is 1. The van der Waals surface area contributed by atoms with Crippen LogP contribution in [-0.2, 0) is 16.1 Å². The highest BCUT2D eigenvalue weighted by molar-refractivity contribution is 6.31. The lowest BCUT2D eigenvalue weighted by molar-refractivity contribution is -0.135. The van der Waals surface area contributed by atoms with E-state index in [9.17, 15) is 14.0 Å². The van der Waals surface area contributed by atoms with Crippen LogP contribution < -0.4 is 0 Å². The molecule has 0 bridgehead atoms. The lowest BCUT2D eigenvalue weighted by Crippen LogP contribution is -2.35. The first-order valence-corrected chi connectivity index (χ1v) is 7.82. The number of rotatable bonds is 4. The van der Waals surface area contributed by atoms with Gasteiger partial charge in [-0.15, -0.1) is 0 Å². The second-order valence-corrected chi connectivity index (χ2v) is 6.48. The van der Waals surface area contributed by atoms with Crippen molar-refractivity contribution in [3.63, 3.8) is 0 Å². The molecular weight excluding hydrogens is 307 g/mol. The number of halogens is 2. The second kappa shape index (κ2) is 5.88. The highest BCUT2D eigenvalue weighted by Gasteiger charge is 2.42. The van der Waals surface area contributed by atoms with Gasteiger partial charge in [0.05, 0.1) is 5.92 Å². The Labute approximate surface area is 133 Å². The van der Waals surface area contributed by atoms with Gasteiger partial charge in [0.25, 0.3) is 0 Å². The van der Waals surface area contributed by atoms with Gasteiger partial charge in [0, 0.05) is 43.2 Å². The van der Waals surface area contributed by atoms with E-state index in [1.165, 1.54) is 17.0 Å². The van der Waals surface area contributed by atoms with E-state index in [0.717, 1.165) is 12.8 Å². The van der Waals surface area contributed by atoms with Crippen molar-refractivity contribution in [1.29, 1.82) is 0 Å². The average Bonchev–Trinajstić information content (AvgIpc) is 3.25. The van der Waals surface area contributed by atoms with Crippen LogP contribution in [0.2, 0.25) is 5.02 Å². The SMILES string of the molecule is CN(Cc1c(F)cccc1Cl)C(=O)[C@H]1CC(=O)N(C2CC2)C1. The predicted octanol–water partition coefficient (Wildman–Crippen LogP) is 2.45. The Balaban J connectivity index is 1.66. The van der Waals surface area contributed by atoms with Crippen LogP contribution in [0.3, 0.4) is 0 Å². The molecule has 1 atom stereocenters. The maximum Gasteiger partial charge on any atom is 0.228 e. The summed E-state index contributed by atoms with van der Waals surface area (Å²) in [5.41, 5.74) is 0.309. The fourth-order valence-electron chi connectivity index (χ4n) is 2.95. The first-order chi connectivity index (χ1) is 10.5. The fourth-order valence-corrected chi connectivity index (χ4v) is 3.17. The van der Waals surface area contributed by atoms with E-state index in [1.54, 1.807) is 13.1 Å². The molecule has 0 aromatic heterocycles. The molecule has 0 N–H and O–H groups in total. The van der Waals surface area contributed by atoms with Crippen LogP contribution in [0.4, 0.5) is 4.39 Å². The zero-order valence-corrected chi connectivity index (χ0v) is 13.1. The van der Waals surface area contributed by atoms with Gasteiger partial charge in [-0.3, -0.25) is 9.59 Å². The molecule has 1 aromatic carbocycles. The summed E-state index contributed by atoms with van der Waals surface area (Å²) in [7, 11) is 1.62. The van der Waals surface area contributed by atoms with Gasteiger partial charge in [-0.1, -0.05) is 17.7 Å². The Morgan fingerprint density at radius 2 is 2.18 bits per heavy atom. The zero-order valence-electron chi connectivity index (χ0n) is 12.4. The molecule has 0 unspecified atom stereocenters. The molecule has 1 aliphatic carbocycles. The van der Waals surface area contributed by atoms with Gasteiger partial charge in [-0.05, 0) is 25.0 Å². The lowest BCUT2D eigenvalue weighted by atomic mass is 10.1. The molecule has 1 aliphatic heterocycles. The Kier molecular flexibility index (Phi) is 4.08. The summed E-state index contributed by atoms with van der Waals surface area (Å²) in [5, 5.41) is 0.307. The first kappa shape index (κ1) is 15.3. The standard InChI is InChI=1S/C16H18ClFN2O2/c1-19(9-12-13(17)3-2-4-14(12)18)16(22)10-7-15(21)20(8-10)11-5-6-11/h2-4,10-11H,5-9H2,1H3/t10-/m0/s1. The molecule has 0 radical (unpaired) electrons. The minimum atomic E-state index is -0.422. The average molecular weight is 325 g/mol. The van der Waals surface area contributed by atoms with Crippen LogP contribution in [0, 0.1) is 11.7 Å². The van der Waals surface area contributed by atoms with Crippen molar-refractivity contribution in [2.24, 2.45) is 5.92 Å². The molecule has 4 nitrogen and oxygen atoms in total. The molecule has 0 spiro atoms. The van der Waals surface area contributed by atoms with Crippen LogP contribution in [0.1, 0.15) is 24.8 Å². The van der Waals surface area contributed by atoms with E-state index in [4.69, 9.17) is 11.6 Å². The van der Waals surface area contributed by atoms with Crippen molar-refractivity contribution >= 4 is 23.4 Å². The second-order valence-electron chi connectivity index (χ2n) is 6.07. The quantitative estimate of drug-likeness (QED) is 0.853. The van der Waals surface area contributed by atoms with E-state index in [-0.39, 0.29) is 30.7 Å². The van der Waals surface area contributed by atoms with Gasteiger partial charge in [0.2, 0.25) is 11.8 Å². The molecule has 2 aliphatic rings. The summed E-state index contributed by atoms with van der Waals surface area (Å²) < 4.78 is 13.8. The number of carbonyl (C=O) groups excluding carboxylic acids is 2. The number of nitrogens with zero attached hydrogens (tertiary/aromatic N) is 2. The van der Waals surface area contributed by atoms with Crippen LogP contribution in [-0.4, -0.2) is 41.2 Å². The number of likely N-dealkylation sites (tertiary alicyclic amines) is 1. The van der Waals surface area contributed by atoms with Crippen molar-refractivity contribution < 1.29 is 14.0 Å². The highest BCUT2D eigenvalue weighted by atomic mass is 35.5. The van der Waals surface area contributed by atoms with Gasteiger partial charge < -0.3 is 9.80 Å². The minimum absolute atomic E-state index is 0.0539. The molecule has 2 fully saturated rings. The number of hydrogen-bond acceptors (Lipinski definition) is 2. The van der Waals surface area contributed by atoms with E-state index in [0.29, 0.717) is 23.2 Å². The largest absolute Gasteiger partial charge is 0.341 e. The molecule has 1 saturated carbocycles. The summed E-state index contributed by atoms with van der Waals surface area (Å²) in [4.78, 5) is 27.7. The first-order valence-electron chi connectivity index (χ1n) is 7.44. The summed E-state index contributed by atoms with van der Waals surface area (Å²) in [6, 6.07) is 4.79. The molecule has 6 heteroatoms. The maximum absolute atomic E-state index is 13.8. The van der Waals surface area contributed by atoms with E-state index < -0.39 is 5.82 Å². The van der Waals surface area contributed by atoms with E-state index in [2.05, 4.69) is 0 Å².